The Balaban J connectivity index is 1.58. The number of aromatic nitrogens is 2. The van der Waals surface area contributed by atoms with Crippen molar-refractivity contribution in [3.63, 3.8) is 0 Å². The number of aryl methyl sites for hydroxylation is 1. The van der Waals surface area contributed by atoms with Gasteiger partial charge in [0.25, 0.3) is 5.56 Å². The molecule has 3 atom stereocenters. The zero-order valence-corrected chi connectivity index (χ0v) is 26.1. The van der Waals surface area contributed by atoms with Crippen LogP contribution >= 0.6 is 0 Å². The number of H-pyrrole nitrogens is 1. The Labute approximate surface area is 261 Å². The van der Waals surface area contributed by atoms with Crippen LogP contribution in [0.25, 0.3) is 0 Å². The number of hydrogen-bond acceptors (Lipinski definition) is 7. The van der Waals surface area contributed by atoms with Crippen LogP contribution in [0.2, 0.25) is 0 Å². The molecular weight excluding hydrogens is 574 g/mol. The molecule has 2 N–H and O–H groups in total. The van der Waals surface area contributed by atoms with Gasteiger partial charge in [0.2, 0.25) is 5.91 Å². The van der Waals surface area contributed by atoms with Crippen molar-refractivity contribution in [2.24, 2.45) is 5.92 Å². The molecule has 5 rings (SSSR count). The molecular formula is C35H39N3O7. The van der Waals surface area contributed by atoms with Crippen LogP contribution in [-0.2, 0) is 19.9 Å². The Morgan fingerprint density at radius 1 is 0.933 bits per heavy atom. The molecule has 236 valence electrons. The molecule has 0 radical (unpaired) electrons. The van der Waals surface area contributed by atoms with E-state index < -0.39 is 35.2 Å². The van der Waals surface area contributed by atoms with E-state index in [0.717, 1.165) is 16.7 Å². The van der Waals surface area contributed by atoms with Gasteiger partial charge in [-0.1, -0.05) is 68.4 Å². The number of aromatic amines is 1. The third kappa shape index (κ3) is 6.57. The van der Waals surface area contributed by atoms with Crippen LogP contribution in [0.15, 0.2) is 94.6 Å². The standard InChI is InChI=1S/C35H39N3O7/c1-22(2)32(39)36-29-19-31(38-20-23(3)33(40)37-34(38)41)45-30(29)21-44-35(24-9-7-6-8-10-24,25-11-15-27(42-4)16-12-25)26-13-17-28(43-5)18-14-26/h6-18,20,22,29-31H,19,21H2,1-5H3,(H,36,39)(H,37,40,41)/t29-,30+,31+/m0/s1. The van der Waals surface area contributed by atoms with Crippen LogP contribution in [-0.4, -0.2) is 48.4 Å². The molecule has 1 aromatic heterocycles. The summed E-state index contributed by atoms with van der Waals surface area (Å²) in [6.07, 6.45) is 0.435. The summed E-state index contributed by atoms with van der Waals surface area (Å²) < 4.78 is 25.8. The topological polar surface area (TPSA) is 121 Å². The first-order chi connectivity index (χ1) is 21.7. The van der Waals surface area contributed by atoms with Crippen molar-refractivity contribution in [2.45, 2.75) is 51.2 Å². The number of benzene rings is 3. The molecule has 4 aromatic rings. The lowest BCUT2D eigenvalue weighted by Gasteiger charge is -2.37. The lowest BCUT2D eigenvalue weighted by Crippen LogP contribution is -2.45. The highest BCUT2D eigenvalue weighted by molar-refractivity contribution is 5.78. The van der Waals surface area contributed by atoms with E-state index >= 15 is 0 Å². The largest absolute Gasteiger partial charge is 0.497 e. The first kappa shape index (κ1) is 31.7. The molecule has 0 aliphatic carbocycles. The van der Waals surface area contributed by atoms with E-state index in [1.807, 2.05) is 92.7 Å². The van der Waals surface area contributed by atoms with Gasteiger partial charge in [0.15, 0.2) is 0 Å². The van der Waals surface area contributed by atoms with E-state index in [0.29, 0.717) is 23.5 Å². The summed E-state index contributed by atoms with van der Waals surface area (Å²) in [5.74, 6) is 1.01. The van der Waals surface area contributed by atoms with Gasteiger partial charge in [0.1, 0.15) is 29.4 Å². The van der Waals surface area contributed by atoms with Crippen LogP contribution in [0, 0.1) is 12.8 Å². The number of carbonyl (C=O) groups is 1. The number of methoxy groups -OCH3 is 2. The predicted molar refractivity (Wildman–Crippen MR) is 170 cm³/mol. The van der Waals surface area contributed by atoms with E-state index in [9.17, 15) is 14.4 Å². The second-order valence-electron chi connectivity index (χ2n) is 11.4. The highest BCUT2D eigenvalue weighted by Gasteiger charge is 2.43. The number of nitrogens with zero attached hydrogens (tertiary/aromatic N) is 1. The molecule has 1 fully saturated rings. The van der Waals surface area contributed by atoms with Crippen LogP contribution in [0.4, 0.5) is 0 Å². The molecule has 0 saturated carbocycles. The van der Waals surface area contributed by atoms with E-state index in [2.05, 4.69) is 10.3 Å². The van der Waals surface area contributed by atoms with Crippen LogP contribution in [0.5, 0.6) is 11.5 Å². The van der Waals surface area contributed by atoms with Gasteiger partial charge in [0.05, 0.1) is 26.9 Å². The molecule has 0 unspecified atom stereocenters. The quantitative estimate of drug-likeness (QED) is 0.242. The van der Waals surface area contributed by atoms with Crippen molar-refractivity contribution in [3.05, 3.63) is 128 Å². The molecule has 0 bridgehead atoms. The zero-order valence-electron chi connectivity index (χ0n) is 26.1. The number of amides is 1. The monoisotopic (exact) mass is 613 g/mol. The van der Waals surface area contributed by atoms with Crippen molar-refractivity contribution in [3.8, 4) is 11.5 Å². The van der Waals surface area contributed by atoms with Crippen molar-refractivity contribution in [1.82, 2.24) is 14.9 Å². The Morgan fingerprint density at radius 3 is 2.02 bits per heavy atom. The van der Waals surface area contributed by atoms with Crippen molar-refractivity contribution >= 4 is 5.91 Å². The average Bonchev–Trinajstić information content (AvgIpc) is 3.46. The average molecular weight is 614 g/mol. The van der Waals surface area contributed by atoms with Crippen molar-refractivity contribution < 1.29 is 23.7 Å². The maximum Gasteiger partial charge on any atom is 0.330 e. The zero-order chi connectivity index (χ0) is 32.1. The maximum atomic E-state index is 12.9. The lowest BCUT2D eigenvalue weighted by molar-refractivity contribution is -0.126. The predicted octanol–water partition coefficient (Wildman–Crippen LogP) is 4.30. The SMILES string of the molecule is COc1ccc(C(OC[C@H]2O[C@@H](n3cc(C)c(=O)[nH]c3=O)C[C@@H]2NC(=O)C(C)C)(c2ccccc2)c2ccc(OC)cc2)cc1. The fourth-order valence-electron chi connectivity index (χ4n) is 5.64. The van der Waals surface area contributed by atoms with Crippen molar-refractivity contribution in [2.75, 3.05) is 20.8 Å². The van der Waals surface area contributed by atoms with E-state index in [1.54, 1.807) is 21.1 Å². The van der Waals surface area contributed by atoms with Gasteiger partial charge in [-0.25, -0.2) is 4.79 Å². The lowest BCUT2D eigenvalue weighted by atomic mass is 9.80. The molecule has 1 saturated heterocycles. The molecule has 1 amide bonds. The van der Waals surface area contributed by atoms with Crippen LogP contribution in [0.3, 0.4) is 0 Å². The summed E-state index contributed by atoms with van der Waals surface area (Å²) in [5, 5.41) is 3.10. The third-order valence-corrected chi connectivity index (χ3v) is 8.18. The molecule has 2 heterocycles. The van der Waals surface area contributed by atoms with E-state index in [1.165, 1.54) is 10.8 Å². The fourth-order valence-corrected chi connectivity index (χ4v) is 5.64. The molecule has 3 aromatic carbocycles. The van der Waals surface area contributed by atoms with Gasteiger partial charge in [0, 0.05) is 24.1 Å². The number of rotatable bonds is 11. The van der Waals surface area contributed by atoms with Gasteiger partial charge in [-0.15, -0.1) is 0 Å². The Bertz CT molecular complexity index is 1670. The summed E-state index contributed by atoms with van der Waals surface area (Å²) in [6.45, 7) is 5.32. The van der Waals surface area contributed by atoms with Gasteiger partial charge >= 0.3 is 5.69 Å². The summed E-state index contributed by atoms with van der Waals surface area (Å²) in [4.78, 5) is 40.1. The first-order valence-corrected chi connectivity index (χ1v) is 14.9. The van der Waals surface area contributed by atoms with E-state index in [-0.39, 0.29) is 18.4 Å². The molecule has 0 spiro atoms. The number of nitrogens with one attached hydrogen (secondary N) is 2. The minimum absolute atomic E-state index is 0.0591. The molecule has 10 nitrogen and oxygen atoms in total. The highest BCUT2D eigenvalue weighted by atomic mass is 16.6. The maximum absolute atomic E-state index is 12.9. The second-order valence-corrected chi connectivity index (χ2v) is 11.4. The number of ether oxygens (including phenoxy) is 4. The van der Waals surface area contributed by atoms with Gasteiger partial charge < -0.3 is 24.3 Å². The Morgan fingerprint density at radius 2 is 1.49 bits per heavy atom. The summed E-state index contributed by atoms with van der Waals surface area (Å²) >= 11 is 0. The smallest absolute Gasteiger partial charge is 0.330 e. The summed E-state index contributed by atoms with van der Waals surface area (Å²) in [7, 11) is 3.24. The molecule has 10 heteroatoms. The summed E-state index contributed by atoms with van der Waals surface area (Å²) in [5.41, 5.74) is 0.827. The minimum Gasteiger partial charge on any atom is -0.497 e. The van der Waals surface area contributed by atoms with E-state index in [4.69, 9.17) is 18.9 Å². The third-order valence-electron chi connectivity index (χ3n) is 8.18. The Kier molecular flexibility index (Phi) is 9.55. The molecule has 45 heavy (non-hydrogen) atoms. The van der Waals surface area contributed by atoms with Gasteiger partial charge in [-0.2, -0.15) is 0 Å². The second kappa shape index (κ2) is 13.5. The summed E-state index contributed by atoms with van der Waals surface area (Å²) in [6, 6.07) is 24.8. The van der Waals surface area contributed by atoms with Gasteiger partial charge in [-0.3, -0.25) is 19.1 Å². The number of carbonyl (C=O) groups excluding carboxylic acids is 1. The fraction of sp³-hybridized carbons (Fsp3) is 0.343. The molecule has 1 aliphatic heterocycles. The van der Waals surface area contributed by atoms with Gasteiger partial charge in [-0.05, 0) is 47.9 Å². The minimum atomic E-state index is -1.10. The van der Waals surface area contributed by atoms with Crippen LogP contribution in [0.1, 0.15) is 48.8 Å². The highest BCUT2D eigenvalue weighted by Crippen LogP contribution is 2.42. The first-order valence-electron chi connectivity index (χ1n) is 14.9. The molecule has 1 aliphatic rings. The van der Waals surface area contributed by atoms with Crippen LogP contribution < -0.4 is 26.0 Å². The van der Waals surface area contributed by atoms with Crippen molar-refractivity contribution in [1.29, 1.82) is 0 Å². The normalized spacial score (nSPS) is 18.1. The number of hydrogen-bond donors (Lipinski definition) is 2. The Hall–Kier alpha value is -4.67.